The van der Waals surface area contributed by atoms with Crippen LogP contribution < -0.4 is 0 Å². The zero-order chi connectivity index (χ0) is 37.0. The molecule has 0 atom stereocenters. The van der Waals surface area contributed by atoms with Crippen LogP contribution in [0.4, 0.5) is 0 Å². The van der Waals surface area contributed by atoms with Crippen molar-refractivity contribution >= 4 is 43.8 Å². The maximum absolute atomic E-state index is 6.63. The van der Waals surface area contributed by atoms with Gasteiger partial charge in [-0.1, -0.05) is 158 Å². The van der Waals surface area contributed by atoms with Crippen LogP contribution in [0.1, 0.15) is 0 Å². The van der Waals surface area contributed by atoms with Gasteiger partial charge in [0.25, 0.3) is 0 Å². The standard InChI is InChI=1S/C50H30N4O2/c1-3-11-31(12-4-1)33-19-21-34(22-20-33)35-23-26-37(27-24-35)48-52-47(36-14-5-2-6-15-36)53-49(54-48)44-45-43(30-41-40-17-9-10-18-42(40)55-46(41)44)56-50(51-45)39-28-25-32-13-7-8-16-38(32)29-39/h1-30H. The Hall–Kier alpha value is -7.70. The van der Waals surface area contributed by atoms with Crippen LogP contribution in [0.3, 0.4) is 0 Å². The number of fused-ring (bicyclic) bond motifs is 5. The summed E-state index contributed by atoms with van der Waals surface area (Å²) in [5.41, 5.74) is 10.5. The summed E-state index contributed by atoms with van der Waals surface area (Å²) < 4.78 is 13.2. The maximum Gasteiger partial charge on any atom is 0.227 e. The Morgan fingerprint density at radius 3 is 1.54 bits per heavy atom. The van der Waals surface area contributed by atoms with Gasteiger partial charge in [0.1, 0.15) is 16.7 Å². The largest absolute Gasteiger partial charge is 0.455 e. The van der Waals surface area contributed by atoms with E-state index in [1.54, 1.807) is 0 Å². The Morgan fingerprint density at radius 1 is 0.321 bits per heavy atom. The molecule has 6 nitrogen and oxygen atoms in total. The summed E-state index contributed by atoms with van der Waals surface area (Å²) in [5.74, 6) is 2.04. The average molecular weight is 719 g/mol. The molecule has 6 heteroatoms. The molecule has 0 spiro atoms. The van der Waals surface area contributed by atoms with Gasteiger partial charge in [0.05, 0.1) is 5.56 Å². The summed E-state index contributed by atoms with van der Waals surface area (Å²) in [7, 11) is 0. The van der Waals surface area contributed by atoms with Gasteiger partial charge in [-0.05, 0) is 57.3 Å². The number of nitrogens with zero attached hydrogens (tertiary/aromatic N) is 4. The SMILES string of the molecule is c1ccc(-c2ccc(-c3ccc(-c4nc(-c5ccccc5)nc(-c5c6nc(-c7ccc8ccccc8c7)oc6cc6c5oc5ccccc56)n4)cc3)cc2)cc1. The van der Waals surface area contributed by atoms with Gasteiger partial charge >= 0.3 is 0 Å². The summed E-state index contributed by atoms with van der Waals surface area (Å²) in [6.45, 7) is 0. The first-order chi connectivity index (χ1) is 27.7. The van der Waals surface area contributed by atoms with Crippen molar-refractivity contribution in [2.24, 2.45) is 0 Å². The second kappa shape index (κ2) is 13.0. The molecule has 0 radical (unpaired) electrons. The third-order valence-electron chi connectivity index (χ3n) is 10.4. The first-order valence-corrected chi connectivity index (χ1v) is 18.5. The number of hydrogen-bond donors (Lipinski definition) is 0. The maximum atomic E-state index is 6.63. The highest BCUT2D eigenvalue weighted by Crippen LogP contribution is 2.42. The highest BCUT2D eigenvalue weighted by molar-refractivity contribution is 6.16. The topological polar surface area (TPSA) is 77.8 Å². The predicted molar refractivity (Wildman–Crippen MR) is 225 cm³/mol. The first kappa shape index (κ1) is 31.8. The Morgan fingerprint density at radius 2 is 0.839 bits per heavy atom. The van der Waals surface area contributed by atoms with Gasteiger partial charge in [0.15, 0.2) is 23.1 Å². The summed E-state index contributed by atoms with van der Waals surface area (Å²) in [4.78, 5) is 20.5. The fourth-order valence-corrected chi connectivity index (χ4v) is 7.53. The lowest BCUT2D eigenvalue weighted by molar-refractivity contribution is 0.620. The number of furan rings is 1. The molecular weight excluding hydrogens is 689 g/mol. The molecule has 11 aromatic rings. The smallest absolute Gasteiger partial charge is 0.227 e. The Labute approximate surface area is 321 Å². The van der Waals surface area contributed by atoms with Crippen LogP contribution in [0.5, 0.6) is 0 Å². The molecule has 56 heavy (non-hydrogen) atoms. The van der Waals surface area contributed by atoms with Crippen LogP contribution in [-0.4, -0.2) is 19.9 Å². The van der Waals surface area contributed by atoms with E-state index in [1.807, 2.05) is 78.9 Å². The van der Waals surface area contributed by atoms with Crippen molar-refractivity contribution in [2.45, 2.75) is 0 Å². The Balaban J connectivity index is 1.08. The molecule has 0 aliphatic heterocycles. The van der Waals surface area contributed by atoms with Crippen LogP contribution in [0, 0.1) is 0 Å². The number of benzene rings is 8. The molecule has 0 saturated carbocycles. The van der Waals surface area contributed by atoms with E-state index in [1.165, 1.54) is 11.1 Å². The zero-order valence-electron chi connectivity index (χ0n) is 29.9. The van der Waals surface area contributed by atoms with E-state index < -0.39 is 0 Å². The minimum Gasteiger partial charge on any atom is -0.455 e. The molecule has 0 amide bonds. The lowest BCUT2D eigenvalue weighted by atomic mass is 9.99. The summed E-state index contributed by atoms with van der Waals surface area (Å²) in [6, 6.07) is 62.0. The van der Waals surface area contributed by atoms with Crippen LogP contribution in [-0.2, 0) is 0 Å². The molecule has 3 aromatic heterocycles. The number of aromatic nitrogens is 4. The predicted octanol–water partition coefficient (Wildman–Crippen LogP) is 13.1. The van der Waals surface area contributed by atoms with Gasteiger partial charge < -0.3 is 8.83 Å². The number of para-hydroxylation sites is 1. The van der Waals surface area contributed by atoms with Crippen molar-refractivity contribution in [1.29, 1.82) is 0 Å². The molecule has 0 saturated heterocycles. The van der Waals surface area contributed by atoms with Crippen molar-refractivity contribution in [3.8, 4) is 67.9 Å². The molecule has 11 rings (SSSR count). The number of oxazole rings is 1. The van der Waals surface area contributed by atoms with E-state index >= 15 is 0 Å². The lowest BCUT2D eigenvalue weighted by Gasteiger charge is -2.10. The van der Waals surface area contributed by atoms with Crippen LogP contribution in [0.25, 0.3) is 112 Å². The lowest BCUT2D eigenvalue weighted by Crippen LogP contribution is -2.01. The molecule has 0 aliphatic carbocycles. The summed E-state index contributed by atoms with van der Waals surface area (Å²) in [5, 5.41) is 4.13. The molecule has 0 N–H and O–H groups in total. The van der Waals surface area contributed by atoms with E-state index in [-0.39, 0.29) is 0 Å². The van der Waals surface area contributed by atoms with E-state index in [2.05, 4.69) is 103 Å². The second-order valence-electron chi connectivity index (χ2n) is 13.8. The first-order valence-electron chi connectivity index (χ1n) is 18.5. The molecule has 3 heterocycles. The average Bonchev–Trinajstić information content (AvgIpc) is 3.87. The van der Waals surface area contributed by atoms with E-state index in [0.29, 0.717) is 45.6 Å². The van der Waals surface area contributed by atoms with Crippen molar-refractivity contribution in [1.82, 2.24) is 19.9 Å². The number of hydrogen-bond acceptors (Lipinski definition) is 6. The van der Waals surface area contributed by atoms with Crippen LogP contribution in [0.2, 0.25) is 0 Å². The molecule has 0 unspecified atom stereocenters. The second-order valence-corrected chi connectivity index (χ2v) is 13.8. The van der Waals surface area contributed by atoms with Crippen molar-refractivity contribution in [3.05, 3.63) is 182 Å². The highest BCUT2D eigenvalue weighted by Gasteiger charge is 2.25. The fourth-order valence-electron chi connectivity index (χ4n) is 7.53. The third kappa shape index (κ3) is 5.51. The zero-order valence-corrected chi connectivity index (χ0v) is 29.9. The normalized spacial score (nSPS) is 11.6. The van der Waals surface area contributed by atoms with E-state index in [9.17, 15) is 0 Å². The van der Waals surface area contributed by atoms with E-state index in [4.69, 9.17) is 28.8 Å². The minimum absolute atomic E-state index is 0.447. The molecule has 8 aromatic carbocycles. The monoisotopic (exact) mass is 718 g/mol. The molecule has 0 fully saturated rings. The van der Waals surface area contributed by atoms with Crippen molar-refractivity contribution < 1.29 is 8.83 Å². The van der Waals surface area contributed by atoms with Crippen molar-refractivity contribution in [2.75, 3.05) is 0 Å². The van der Waals surface area contributed by atoms with Gasteiger partial charge in [-0.25, -0.2) is 19.9 Å². The molecule has 0 bridgehead atoms. The molecular formula is C50H30N4O2. The molecule has 0 aliphatic rings. The summed E-state index contributed by atoms with van der Waals surface area (Å²) >= 11 is 0. The molecule has 262 valence electrons. The quantitative estimate of drug-likeness (QED) is 0.170. The number of rotatable bonds is 6. The van der Waals surface area contributed by atoms with Crippen LogP contribution in [0.15, 0.2) is 191 Å². The van der Waals surface area contributed by atoms with Gasteiger partial charge in [-0.15, -0.1) is 0 Å². The fraction of sp³-hybridized carbons (Fsp3) is 0. The van der Waals surface area contributed by atoms with E-state index in [0.717, 1.165) is 54.9 Å². The Bertz CT molecular complexity index is 3220. The van der Waals surface area contributed by atoms with Gasteiger partial charge in [-0.3, -0.25) is 0 Å². The minimum atomic E-state index is 0.447. The third-order valence-corrected chi connectivity index (χ3v) is 10.4. The Kier molecular flexibility index (Phi) is 7.38. The summed E-state index contributed by atoms with van der Waals surface area (Å²) in [6.07, 6.45) is 0. The van der Waals surface area contributed by atoms with Gasteiger partial charge in [0.2, 0.25) is 5.89 Å². The van der Waals surface area contributed by atoms with Crippen LogP contribution >= 0.6 is 0 Å². The van der Waals surface area contributed by atoms with Gasteiger partial charge in [-0.2, -0.15) is 0 Å². The van der Waals surface area contributed by atoms with Gasteiger partial charge in [0, 0.05) is 27.5 Å². The van der Waals surface area contributed by atoms with Crippen molar-refractivity contribution in [3.63, 3.8) is 0 Å². The highest BCUT2D eigenvalue weighted by atomic mass is 16.4.